The molecule has 0 aromatic carbocycles. The third-order valence-corrected chi connectivity index (χ3v) is 3.60. The molecule has 1 aliphatic heterocycles. The van der Waals surface area contributed by atoms with Crippen molar-refractivity contribution in [2.24, 2.45) is 0 Å². The van der Waals surface area contributed by atoms with Crippen LogP contribution in [0.3, 0.4) is 0 Å². The molecule has 1 aliphatic carbocycles. The second kappa shape index (κ2) is 4.72. The van der Waals surface area contributed by atoms with Gasteiger partial charge in [0.25, 0.3) is 0 Å². The number of nitrogens with one attached hydrogen (secondary N) is 1. The van der Waals surface area contributed by atoms with Crippen LogP contribution in [0, 0.1) is 0 Å². The molecule has 1 N–H and O–H groups in total. The average Bonchev–Trinajstić information content (AvgIpc) is 3.22. The molecule has 0 bridgehead atoms. The molecule has 0 unspecified atom stereocenters. The average molecular weight is 248 g/mol. The maximum atomic E-state index is 5.21. The van der Waals surface area contributed by atoms with Crippen LogP contribution in [0.25, 0.3) is 0 Å². The number of methoxy groups -OCH3 is 1. The Kier molecular flexibility index (Phi) is 3.07. The lowest BCUT2D eigenvalue weighted by Crippen LogP contribution is -2.49. The smallest absolute Gasteiger partial charge is 0.234 e. The molecule has 2 fully saturated rings. The summed E-state index contributed by atoms with van der Waals surface area (Å²) in [7, 11) is 1.64. The highest BCUT2D eigenvalue weighted by Gasteiger charge is 2.31. The van der Waals surface area contributed by atoms with Crippen molar-refractivity contribution in [3.05, 3.63) is 11.9 Å². The highest BCUT2D eigenvalue weighted by molar-refractivity contribution is 5.48. The van der Waals surface area contributed by atoms with Crippen molar-refractivity contribution in [2.45, 2.75) is 31.7 Å². The summed E-state index contributed by atoms with van der Waals surface area (Å²) in [6.07, 6.45) is 4.23. The summed E-state index contributed by atoms with van der Waals surface area (Å²) < 4.78 is 5.21. The second-order valence-corrected chi connectivity index (χ2v) is 5.20. The summed E-state index contributed by atoms with van der Waals surface area (Å²) >= 11 is 0. The van der Waals surface area contributed by atoms with Crippen LogP contribution < -0.4 is 15.0 Å². The minimum absolute atomic E-state index is 0.499. The third-order valence-electron chi connectivity index (χ3n) is 3.60. The molecule has 98 valence electrons. The third kappa shape index (κ3) is 2.27. The number of anilines is 1. The first kappa shape index (κ1) is 11.7. The molecule has 1 aromatic heterocycles. The standard InChI is InChI=1S/C13H20N4O/c1-9-8-17(6-5-14-9)13-12(10-3-4-10)15-7-11(16-13)18-2/h7,9-10,14H,3-6,8H2,1-2H3/t9-/m1/s1. The molecule has 0 spiro atoms. The molecular formula is C13H20N4O. The highest BCUT2D eigenvalue weighted by atomic mass is 16.5. The second-order valence-electron chi connectivity index (χ2n) is 5.20. The Labute approximate surface area is 108 Å². The van der Waals surface area contributed by atoms with Gasteiger partial charge in [-0.05, 0) is 19.8 Å². The first-order valence-electron chi connectivity index (χ1n) is 6.67. The normalized spacial score (nSPS) is 24.1. The number of ether oxygens (including phenoxy) is 1. The Morgan fingerprint density at radius 1 is 1.44 bits per heavy atom. The van der Waals surface area contributed by atoms with Gasteiger partial charge < -0.3 is 15.0 Å². The largest absolute Gasteiger partial charge is 0.480 e. The summed E-state index contributed by atoms with van der Waals surface area (Å²) in [5.41, 5.74) is 1.16. The molecule has 0 radical (unpaired) electrons. The molecule has 1 aromatic rings. The topological polar surface area (TPSA) is 50.3 Å². The van der Waals surface area contributed by atoms with Gasteiger partial charge in [0.15, 0.2) is 5.82 Å². The molecule has 3 rings (SSSR count). The van der Waals surface area contributed by atoms with Crippen molar-refractivity contribution >= 4 is 5.82 Å². The Bertz CT molecular complexity index is 433. The molecule has 2 heterocycles. The monoisotopic (exact) mass is 248 g/mol. The minimum Gasteiger partial charge on any atom is -0.480 e. The summed E-state index contributed by atoms with van der Waals surface area (Å²) in [6.45, 7) is 5.19. The van der Waals surface area contributed by atoms with E-state index in [1.54, 1.807) is 13.3 Å². The van der Waals surface area contributed by atoms with Crippen LogP contribution in [0.2, 0.25) is 0 Å². The lowest BCUT2D eigenvalue weighted by atomic mass is 10.2. The molecule has 1 saturated heterocycles. The minimum atomic E-state index is 0.499. The van der Waals surface area contributed by atoms with E-state index in [-0.39, 0.29) is 0 Å². The zero-order valence-electron chi connectivity index (χ0n) is 11.0. The van der Waals surface area contributed by atoms with Crippen LogP contribution in [-0.2, 0) is 0 Å². The highest BCUT2D eigenvalue weighted by Crippen LogP contribution is 2.43. The van der Waals surface area contributed by atoms with E-state index in [4.69, 9.17) is 4.74 Å². The SMILES string of the molecule is COc1cnc(C2CC2)c(N2CCN[C@H](C)C2)n1. The number of piperazine rings is 1. The van der Waals surface area contributed by atoms with E-state index in [0.29, 0.717) is 17.8 Å². The summed E-state index contributed by atoms with van der Waals surface area (Å²) in [4.78, 5) is 11.5. The van der Waals surface area contributed by atoms with Gasteiger partial charge in [-0.3, -0.25) is 4.98 Å². The predicted octanol–water partition coefficient (Wildman–Crippen LogP) is 1.16. The van der Waals surface area contributed by atoms with Crippen molar-refractivity contribution in [2.75, 3.05) is 31.6 Å². The molecule has 18 heavy (non-hydrogen) atoms. The van der Waals surface area contributed by atoms with Gasteiger partial charge in [0, 0.05) is 31.6 Å². The van der Waals surface area contributed by atoms with Gasteiger partial charge in [-0.2, -0.15) is 4.98 Å². The van der Waals surface area contributed by atoms with Gasteiger partial charge in [0.1, 0.15) is 0 Å². The van der Waals surface area contributed by atoms with Crippen molar-refractivity contribution in [1.29, 1.82) is 0 Å². The van der Waals surface area contributed by atoms with Crippen LogP contribution >= 0.6 is 0 Å². The van der Waals surface area contributed by atoms with Gasteiger partial charge in [-0.15, -0.1) is 0 Å². The lowest BCUT2D eigenvalue weighted by molar-refractivity contribution is 0.393. The lowest BCUT2D eigenvalue weighted by Gasteiger charge is -2.33. The molecule has 2 aliphatic rings. The van der Waals surface area contributed by atoms with Crippen LogP contribution in [-0.4, -0.2) is 42.8 Å². The first-order chi connectivity index (χ1) is 8.78. The van der Waals surface area contributed by atoms with Crippen LogP contribution in [0.5, 0.6) is 5.88 Å². The molecular weight excluding hydrogens is 228 g/mol. The van der Waals surface area contributed by atoms with Gasteiger partial charge in [-0.25, -0.2) is 0 Å². The number of hydrogen-bond acceptors (Lipinski definition) is 5. The Morgan fingerprint density at radius 3 is 2.94 bits per heavy atom. The fourth-order valence-corrected chi connectivity index (χ4v) is 2.47. The Hall–Kier alpha value is -1.36. The van der Waals surface area contributed by atoms with Crippen LogP contribution in [0.4, 0.5) is 5.82 Å². The fraction of sp³-hybridized carbons (Fsp3) is 0.692. The van der Waals surface area contributed by atoms with E-state index in [9.17, 15) is 0 Å². The van der Waals surface area contributed by atoms with Crippen molar-refractivity contribution < 1.29 is 4.74 Å². The van der Waals surface area contributed by atoms with E-state index >= 15 is 0 Å². The molecule has 1 saturated carbocycles. The summed E-state index contributed by atoms with van der Waals surface area (Å²) in [5.74, 6) is 2.26. The van der Waals surface area contributed by atoms with Gasteiger partial charge >= 0.3 is 0 Å². The summed E-state index contributed by atoms with van der Waals surface area (Å²) in [5, 5.41) is 3.45. The first-order valence-corrected chi connectivity index (χ1v) is 6.67. The van der Waals surface area contributed by atoms with E-state index < -0.39 is 0 Å². The number of nitrogens with zero attached hydrogens (tertiary/aromatic N) is 3. The number of hydrogen-bond donors (Lipinski definition) is 1. The van der Waals surface area contributed by atoms with Crippen LogP contribution in [0.15, 0.2) is 6.20 Å². The van der Waals surface area contributed by atoms with Gasteiger partial charge in [0.2, 0.25) is 5.88 Å². The van der Waals surface area contributed by atoms with Crippen molar-refractivity contribution in [1.82, 2.24) is 15.3 Å². The predicted molar refractivity (Wildman–Crippen MR) is 70.2 cm³/mol. The van der Waals surface area contributed by atoms with Gasteiger partial charge in [-0.1, -0.05) is 0 Å². The summed E-state index contributed by atoms with van der Waals surface area (Å²) in [6, 6.07) is 0.499. The number of aromatic nitrogens is 2. The van der Waals surface area contributed by atoms with E-state index in [1.807, 2.05) is 0 Å². The molecule has 0 amide bonds. The maximum absolute atomic E-state index is 5.21. The van der Waals surface area contributed by atoms with E-state index in [0.717, 1.165) is 31.1 Å². The van der Waals surface area contributed by atoms with E-state index in [1.165, 1.54) is 12.8 Å². The number of rotatable bonds is 3. The quantitative estimate of drug-likeness (QED) is 0.870. The Morgan fingerprint density at radius 2 is 2.28 bits per heavy atom. The maximum Gasteiger partial charge on any atom is 0.234 e. The molecule has 5 heteroatoms. The Balaban J connectivity index is 1.91. The zero-order chi connectivity index (χ0) is 12.5. The van der Waals surface area contributed by atoms with Crippen LogP contribution in [0.1, 0.15) is 31.4 Å². The fourth-order valence-electron chi connectivity index (χ4n) is 2.47. The van der Waals surface area contributed by atoms with E-state index in [2.05, 4.69) is 27.1 Å². The molecule has 1 atom stereocenters. The molecule has 5 nitrogen and oxygen atoms in total. The van der Waals surface area contributed by atoms with Crippen molar-refractivity contribution in [3.63, 3.8) is 0 Å². The van der Waals surface area contributed by atoms with Gasteiger partial charge in [0.05, 0.1) is 19.0 Å². The van der Waals surface area contributed by atoms with Crippen molar-refractivity contribution in [3.8, 4) is 5.88 Å². The zero-order valence-corrected chi connectivity index (χ0v) is 11.0.